The van der Waals surface area contributed by atoms with Gasteiger partial charge in [-0.15, -0.1) is 0 Å². The first-order valence-electron chi connectivity index (χ1n) is 2.30. The van der Waals surface area contributed by atoms with Crippen LogP contribution in [-0.2, 0) is 4.79 Å². The minimum absolute atomic E-state index is 0.833. The molecule has 2 heteroatoms. The number of nitrogens with zero attached hydrogens (tertiary/aromatic N) is 1. The van der Waals surface area contributed by atoms with Crippen molar-refractivity contribution >= 4 is 6.79 Å². The van der Waals surface area contributed by atoms with E-state index in [4.69, 9.17) is 4.79 Å². The van der Waals surface area contributed by atoms with Gasteiger partial charge >= 0.3 is 0 Å². The third-order valence-corrected chi connectivity index (χ3v) is 0.548. The van der Waals surface area contributed by atoms with Crippen molar-refractivity contribution in [3.8, 4) is 0 Å². The van der Waals surface area contributed by atoms with Crippen LogP contribution in [0.15, 0.2) is 12.8 Å². The number of hydrogen-bond donors (Lipinski definition) is 0. The summed E-state index contributed by atoms with van der Waals surface area (Å²) < 4.78 is 0.833. The lowest BCUT2D eigenvalue weighted by Crippen LogP contribution is -2.25. The van der Waals surface area contributed by atoms with Gasteiger partial charge in [0.05, 0.1) is 27.3 Å². The molecule has 0 heterocycles. The fourth-order valence-corrected chi connectivity index (χ4v) is 0. The Hall–Kier alpha value is -0.630. The van der Waals surface area contributed by atoms with Crippen molar-refractivity contribution in [3.63, 3.8) is 0 Å². The highest BCUT2D eigenvalue weighted by Gasteiger charge is 1.94. The topological polar surface area (TPSA) is 17.1 Å². The molecular formula is C6H14NO+. The van der Waals surface area contributed by atoms with E-state index in [1.165, 1.54) is 0 Å². The van der Waals surface area contributed by atoms with Crippen LogP contribution in [-0.4, -0.2) is 32.4 Å². The summed E-state index contributed by atoms with van der Waals surface area (Å²) in [6.07, 6.45) is 1.88. The number of hydrogen-bond acceptors (Lipinski definition) is 1. The van der Waals surface area contributed by atoms with Gasteiger partial charge in [0.1, 0.15) is 6.79 Å². The third-order valence-electron chi connectivity index (χ3n) is 0.548. The van der Waals surface area contributed by atoms with Crippen LogP contribution in [0.2, 0.25) is 0 Å². The molecule has 0 bridgehead atoms. The van der Waals surface area contributed by atoms with E-state index in [2.05, 4.69) is 27.7 Å². The first-order valence-corrected chi connectivity index (χ1v) is 2.30. The quantitative estimate of drug-likeness (QED) is 0.460. The average molecular weight is 116 g/mol. The molecule has 0 aliphatic heterocycles. The molecule has 0 radical (unpaired) electrons. The summed E-state index contributed by atoms with van der Waals surface area (Å²) in [4.78, 5) is 8.00. The van der Waals surface area contributed by atoms with Crippen LogP contribution in [0.25, 0.3) is 0 Å². The first-order chi connectivity index (χ1) is 3.56. The minimum Gasteiger partial charge on any atom is -0.307 e. The molecule has 0 aromatic rings. The zero-order chi connectivity index (χ0) is 7.21. The lowest BCUT2D eigenvalue weighted by atomic mass is 10.7. The second-order valence-corrected chi connectivity index (χ2v) is 2.30. The predicted octanol–water partition coefficient (Wildman–Crippen LogP) is 0.651. The van der Waals surface area contributed by atoms with Crippen LogP contribution < -0.4 is 0 Å². The van der Waals surface area contributed by atoms with Crippen molar-refractivity contribution < 1.29 is 9.28 Å². The summed E-state index contributed by atoms with van der Waals surface area (Å²) >= 11 is 0. The lowest BCUT2D eigenvalue weighted by molar-refractivity contribution is -0.816. The Bertz CT molecular complexity index is 63.4. The van der Waals surface area contributed by atoms with Gasteiger partial charge in [-0.1, -0.05) is 0 Å². The number of rotatable bonds is 1. The Morgan fingerprint density at radius 1 is 1.25 bits per heavy atom. The minimum atomic E-state index is 0.833. The third kappa shape index (κ3) is 18.3. The number of quaternary nitrogens is 1. The molecule has 0 N–H and O–H groups in total. The summed E-state index contributed by atoms with van der Waals surface area (Å²) in [6, 6.07) is 0. The molecular weight excluding hydrogens is 102 g/mol. The van der Waals surface area contributed by atoms with Crippen molar-refractivity contribution in [1.29, 1.82) is 0 Å². The van der Waals surface area contributed by atoms with Gasteiger partial charge in [-0.3, -0.25) is 0 Å². The Morgan fingerprint density at radius 3 is 1.38 bits per heavy atom. The molecule has 2 nitrogen and oxygen atoms in total. The molecule has 0 saturated heterocycles. The molecule has 8 heavy (non-hydrogen) atoms. The molecule has 0 rings (SSSR count). The van der Waals surface area contributed by atoms with Gasteiger partial charge in [0.25, 0.3) is 0 Å². The second kappa shape index (κ2) is 4.53. The van der Waals surface area contributed by atoms with Crippen molar-refractivity contribution in [2.24, 2.45) is 0 Å². The second-order valence-electron chi connectivity index (χ2n) is 2.30. The van der Waals surface area contributed by atoms with E-state index < -0.39 is 0 Å². The fraction of sp³-hybridized carbons (Fsp3) is 0.500. The molecule has 0 aliphatic carbocycles. The van der Waals surface area contributed by atoms with Gasteiger partial charge in [-0.25, -0.2) is 0 Å². The van der Waals surface area contributed by atoms with E-state index in [0.717, 1.165) is 4.48 Å². The maximum absolute atomic E-state index is 8.00. The van der Waals surface area contributed by atoms with Crippen LogP contribution in [0, 0.1) is 0 Å². The van der Waals surface area contributed by atoms with Crippen LogP contribution in [0.1, 0.15) is 0 Å². The average Bonchev–Trinajstić information content (AvgIpc) is 1.71. The summed E-state index contributed by atoms with van der Waals surface area (Å²) in [7, 11) is 6.19. The molecule has 0 aromatic carbocycles. The highest BCUT2D eigenvalue weighted by Crippen LogP contribution is 1.85. The highest BCUT2D eigenvalue weighted by atomic mass is 16.1. The SMILES string of the molecule is C=C[N+](C)(C)C.C=O. The molecule has 0 spiro atoms. The smallest absolute Gasteiger partial charge is 0.106 e. The van der Waals surface area contributed by atoms with Gasteiger partial charge in [0, 0.05) is 0 Å². The Balaban J connectivity index is 0. The predicted molar refractivity (Wildman–Crippen MR) is 35.4 cm³/mol. The first kappa shape index (κ1) is 10.4. The Kier molecular flexibility index (Phi) is 5.87. The molecule has 0 atom stereocenters. The lowest BCUT2D eigenvalue weighted by Gasteiger charge is -2.15. The highest BCUT2D eigenvalue weighted by molar-refractivity contribution is 5.10. The monoisotopic (exact) mass is 116 g/mol. The van der Waals surface area contributed by atoms with Gasteiger partial charge in [-0.05, 0) is 6.58 Å². The zero-order valence-corrected chi connectivity index (χ0v) is 5.85. The molecule has 0 amide bonds. The summed E-state index contributed by atoms with van der Waals surface area (Å²) in [5.41, 5.74) is 0. The molecule has 0 aromatic heterocycles. The normalized spacial score (nSPS) is 8.88. The van der Waals surface area contributed by atoms with E-state index in [0.29, 0.717) is 0 Å². The van der Waals surface area contributed by atoms with Crippen molar-refractivity contribution in [2.45, 2.75) is 0 Å². The van der Waals surface area contributed by atoms with Crippen molar-refractivity contribution in [3.05, 3.63) is 12.8 Å². The van der Waals surface area contributed by atoms with Crippen LogP contribution in [0.5, 0.6) is 0 Å². The largest absolute Gasteiger partial charge is 0.307 e. The standard InChI is InChI=1S/C5H12N.CH2O/c1-5-6(2,3)4;1-2/h5H,1H2,2-4H3;1H2/q+1;. The molecule has 48 valence electrons. The molecule has 0 saturated carbocycles. The fourth-order valence-electron chi connectivity index (χ4n) is 0. The molecule has 0 unspecified atom stereocenters. The van der Waals surface area contributed by atoms with E-state index in [9.17, 15) is 0 Å². The maximum atomic E-state index is 8.00. The number of carbonyl (C=O) groups excluding carboxylic acids is 1. The van der Waals surface area contributed by atoms with Crippen LogP contribution in [0.4, 0.5) is 0 Å². The van der Waals surface area contributed by atoms with Crippen LogP contribution >= 0.6 is 0 Å². The van der Waals surface area contributed by atoms with Crippen LogP contribution in [0.3, 0.4) is 0 Å². The van der Waals surface area contributed by atoms with Crippen molar-refractivity contribution in [1.82, 2.24) is 0 Å². The van der Waals surface area contributed by atoms with Gasteiger partial charge in [-0.2, -0.15) is 0 Å². The van der Waals surface area contributed by atoms with E-state index >= 15 is 0 Å². The summed E-state index contributed by atoms with van der Waals surface area (Å²) in [5.74, 6) is 0. The van der Waals surface area contributed by atoms with Gasteiger partial charge in [0.15, 0.2) is 0 Å². The van der Waals surface area contributed by atoms with Gasteiger partial charge in [0.2, 0.25) is 0 Å². The van der Waals surface area contributed by atoms with E-state index in [-0.39, 0.29) is 0 Å². The molecule has 0 fully saturated rings. The summed E-state index contributed by atoms with van der Waals surface area (Å²) in [6.45, 7) is 5.60. The maximum Gasteiger partial charge on any atom is 0.106 e. The zero-order valence-electron chi connectivity index (χ0n) is 5.85. The number of carbonyl (C=O) groups is 1. The van der Waals surface area contributed by atoms with E-state index in [1.54, 1.807) is 0 Å². The Labute approximate surface area is 51.0 Å². The van der Waals surface area contributed by atoms with E-state index in [1.807, 2.05) is 13.0 Å². The molecule has 0 aliphatic rings. The summed E-state index contributed by atoms with van der Waals surface area (Å²) in [5, 5.41) is 0. The Morgan fingerprint density at radius 2 is 1.38 bits per heavy atom. The van der Waals surface area contributed by atoms with Gasteiger partial charge < -0.3 is 9.28 Å². The van der Waals surface area contributed by atoms with Crippen molar-refractivity contribution in [2.75, 3.05) is 21.1 Å².